The van der Waals surface area contributed by atoms with Gasteiger partial charge in [0.2, 0.25) is 17.7 Å². The van der Waals surface area contributed by atoms with Gasteiger partial charge in [-0.3, -0.25) is 4.79 Å². The lowest BCUT2D eigenvalue weighted by atomic mass is 9.98. The summed E-state index contributed by atoms with van der Waals surface area (Å²) in [6, 6.07) is 9.91. The molecule has 1 aromatic carbocycles. The lowest BCUT2D eigenvalue weighted by Gasteiger charge is -2.23. The summed E-state index contributed by atoms with van der Waals surface area (Å²) in [6.07, 6.45) is 7.12. The van der Waals surface area contributed by atoms with Crippen molar-refractivity contribution < 1.29 is 13.9 Å². The topological polar surface area (TPSA) is 77.2 Å². The third-order valence-corrected chi connectivity index (χ3v) is 5.73. The zero-order chi connectivity index (χ0) is 19.9. The fraction of sp³-hybridized carbons (Fsp3) is 0.409. The Morgan fingerprint density at radius 2 is 2.10 bits per heavy atom. The molecular weight excluding hydrogens is 386 g/mol. The summed E-state index contributed by atoms with van der Waals surface area (Å²) in [6.45, 7) is 0.477. The number of aromatic nitrogens is 2. The minimum absolute atomic E-state index is 0.0427. The number of nitrogens with one attached hydrogen (secondary N) is 1. The number of benzene rings is 1. The van der Waals surface area contributed by atoms with E-state index in [1.54, 1.807) is 11.3 Å². The molecule has 6 nitrogen and oxygen atoms in total. The maximum absolute atomic E-state index is 12.2. The molecule has 29 heavy (non-hydrogen) atoms. The molecule has 1 aliphatic carbocycles. The number of carbonyl (C=O) groups excluding carboxylic acids is 1. The van der Waals surface area contributed by atoms with E-state index in [0.29, 0.717) is 37.3 Å². The van der Waals surface area contributed by atoms with Crippen molar-refractivity contribution in [2.75, 3.05) is 0 Å². The van der Waals surface area contributed by atoms with Gasteiger partial charge in [0.05, 0.1) is 6.10 Å². The van der Waals surface area contributed by atoms with Crippen LogP contribution in [0.4, 0.5) is 0 Å². The SMILES string of the molecule is O=C(CCc1nnc(-c2ccsc2)o1)NCc1cccc(OC2CCCCC2)c1. The third-order valence-electron chi connectivity index (χ3n) is 5.04. The van der Waals surface area contributed by atoms with Crippen molar-refractivity contribution in [2.45, 2.75) is 57.6 Å². The summed E-state index contributed by atoms with van der Waals surface area (Å²) in [4.78, 5) is 12.2. The molecule has 1 amide bonds. The van der Waals surface area contributed by atoms with Gasteiger partial charge in [-0.05, 0) is 54.8 Å². The molecule has 0 atom stereocenters. The van der Waals surface area contributed by atoms with E-state index in [4.69, 9.17) is 9.15 Å². The molecule has 152 valence electrons. The van der Waals surface area contributed by atoms with E-state index in [1.165, 1.54) is 19.3 Å². The van der Waals surface area contributed by atoms with E-state index in [-0.39, 0.29) is 5.91 Å². The van der Waals surface area contributed by atoms with Crippen LogP contribution in [0.2, 0.25) is 0 Å². The van der Waals surface area contributed by atoms with Gasteiger partial charge in [0, 0.05) is 30.3 Å². The Balaban J connectivity index is 1.23. The van der Waals surface area contributed by atoms with Crippen molar-refractivity contribution in [3.63, 3.8) is 0 Å². The van der Waals surface area contributed by atoms with E-state index in [1.807, 2.05) is 41.1 Å². The van der Waals surface area contributed by atoms with Crippen molar-refractivity contribution in [3.8, 4) is 17.2 Å². The number of ether oxygens (including phenoxy) is 1. The molecule has 0 bridgehead atoms. The number of rotatable bonds is 8. The van der Waals surface area contributed by atoms with Gasteiger partial charge in [0.25, 0.3) is 0 Å². The summed E-state index contributed by atoms with van der Waals surface area (Å²) in [5.74, 6) is 1.81. The van der Waals surface area contributed by atoms with E-state index in [9.17, 15) is 4.79 Å². The van der Waals surface area contributed by atoms with Gasteiger partial charge in [-0.25, -0.2) is 0 Å². The fourth-order valence-corrected chi connectivity index (χ4v) is 4.10. The van der Waals surface area contributed by atoms with Gasteiger partial charge < -0.3 is 14.5 Å². The first kappa shape index (κ1) is 19.6. The van der Waals surface area contributed by atoms with Crippen LogP contribution < -0.4 is 10.1 Å². The van der Waals surface area contributed by atoms with Crippen LogP contribution in [0.1, 0.15) is 50.0 Å². The Bertz CT molecular complexity index is 917. The van der Waals surface area contributed by atoms with E-state index < -0.39 is 0 Å². The second kappa shape index (κ2) is 9.69. The summed E-state index contributed by atoms with van der Waals surface area (Å²) in [5.41, 5.74) is 1.94. The van der Waals surface area contributed by atoms with Gasteiger partial charge in [-0.1, -0.05) is 18.6 Å². The third kappa shape index (κ3) is 5.67. The van der Waals surface area contributed by atoms with Gasteiger partial charge in [0.15, 0.2) is 0 Å². The fourth-order valence-electron chi connectivity index (χ4n) is 3.47. The van der Waals surface area contributed by atoms with Crippen LogP contribution in [0.3, 0.4) is 0 Å². The molecule has 7 heteroatoms. The van der Waals surface area contributed by atoms with Crippen LogP contribution in [-0.2, 0) is 17.8 Å². The van der Waals surface area contributed by atoms with Crippen LogP contribution in [-0.4, -0.2) is 22.2 Å². The van der Waals surface area contributed by atoms with E-state index in [0.717, 1.165) is 29.7 Å². The standard InChI is InChI=1S/C22H25N3O3S/c26-20(9-10-21-24-25-22(28-21)17-11-12-29-15-17)23-14-16-5-4-8-19(13-16)27-18-6-2-1-3-7-18/h4-5,8,11-13,15,18H,1-3,6-7,9-10,14H2,(H,23,26). The molecule has 1 aliphatic rings. The number of hydrogen-bond acceptors (Lipinski definition) is 6. The average molecular weight is 412 g/mol. The molecule has 0 spiro atoms. The first-order chi connectivity index (χ1) is 14.3. The number of nitrogens with zero attached hydrogens (tertiary/aromatic N) is 2. The predicted octanol–water partition coefficient (Wildman–Crippen LogP) is 4.76. The van der Waals surface area contributed by atoms with Gasteiger partial charge in [-0.2, -0.15) is 11.3 Å². The minimum Gasteiger partial charge on any atom is -0.490 e. The van der Waals surface area contributed by atoms with Crippen molar-refractivity contribution in [2.24, 2.45) is 0 Å². The van der Waals surface area contributed by atoms with Crippen LogP contribution in [0.5, 0.6) is 5.75 Å². The predicted molar refractivity (Wildman–Crippen MR) is 112 cm³/mol. The average Bonchev–Trinajstić information content (AvgIpc) is 3.43. The second-order valence-corrected chi connectivity index (χ2v) is 8.10. The number of amides is 1. The molecule has 2 aromatic heterocycles. The molecule has 4 rings (SSSR count). The molecule has 1 N–H and O–H groups in total. The molecule has 1 saturated carbocycles. The molecule has 0 radical (unpaired) electrons. The van der Waals surface area contributed by atoms with E-state index in [2.05, 4.69) is 15.5 Å². The number of hydrogen-bond donors (Lipinski definition) is 1. The van der Waals surface area contributed by atoms with Crippen molar-refractivity contribution >= 4 is 17.2 Å². The molecule has 0 unspecified atom stereocenters. The molecule has 0 aliphatic heterocycles. The number of thiophene rings is 1. The number of aryl methyl sites for hydroxylation is 1. The zero-order valence-electron chi connectivity index (χ0n) is 16.3. The lowest BCUT2D eigenvalue weighted by Crippen LogP contribution is -2.23. The van der Waals surface area contributed by atoms with Crippen molar-refractivity contribution in [3.05, 3.63) is 52.5 Å². The van der Waals surface area contributed by atoms with Gasteiger partial charge in [-0.15, -0.1) is 10.2 Å². The summed E-state index contributed by atoms with van der Waals surface area (Å²) in [5, 5.41) is 14.9. The van der Waals surface area contributed by atoms with Crippen LogP contribution in [0.15, 0.2) is 45.5 Å². The summed E-state index contributed by atoms with van der Waals surface area (Å²) in [7, 11) is 0. The Labute approximate surface area is 174 Å². The van der Waals surface area contributed by atoms with Gasteiger partial charge in [0.1, 0.15) is 5.75 Å². The highest BCUT2D eigenvalue weighted by Crippen LogP contribution is 2.24. The smallest absolute Gasteiger partial charge is 0.248 e. The Morgan fingerprint density at radius 3 is 2.93 bits per heavy atom. The first-order valence-corrected chi connectivity index (χ1v) is 11.1. The zero-order valence-corrected chi connectivity index (χ0v) is 17.1. The number of carbonyl (C=O) groups is 1. The second-order valence-electron chi connectivity index (χ2n) is 7.31. The Hall–Kier alpha value is -2.67. The van der Waals surface area contributed by atoms with Crippen LogP contribution in [0.25, 0.3) is 11.5 Å². The van der Waals surface area contributed by atoms with Gasteiger partial charge >= 0.3 is 0 Å². The largest absolute Gasteiger partial charge is 0.490 e. The minimum atomic E-state index is -0.0427. The Kier molecular flexibility index (Phi) is 6.56. The Morgan fingerprint density at radius 1 is 1.21 bits per heavy atom. The monoisotopic (exact) mass is 411 g/mol. The molecule has 2 heterocycles. The summed E-state index contributed by atoms with van der Waals surface area (Å²) < 4.78 is 11.7. The molecule has 3 aromatic rings. The molecule has 1 fully saturated rings. The quantitative estimate of drug-likeness (QED) is 0.578. The first-order valence-electron chi connectivity index (χ1n) is 10.1. The molecular formula is C22H25N3O3S. The summed E-state index contributed by atoms with van der Waals surface area (Å²) >= 11 is 1.58. The maximum atomic E-state index is 12.2. The van der Waals surface area contributed by atoms with E-state index >= 15 is 0 Å². The lowest BCUT2D eigenvalue weighted by molar-refractivity contribution is -0.121. The highest BCUT2D eigenvalue weighted by atomic mass is 32.1. The normalized spacial score (nSPS) is 14.6. The highest BCUT2D eigenvalue weighted by Gasteiger charge is 2.15. The van der Waals surface area contributed by atoms with Crippen LogP contribution >= 0.6 is 11.3 Å². The maximum Gasteiger partial charge on any atom is 0.248 e. The van der Waals surface area contributed by atoms with Crippen LogP contribution in [0, 0.1) is 0 Å². The van der Waals surface area contributed by atoms with Crippen molar-refractivity contribution in [1.82, 2.24) is 15.5 Å². The molecule has 0 saturated heterocycles. The highest BCUT2D eigenvalue weighted by molar-refractivity contribution is 7.08. The van der Waals surface area contributed by atoms with Crippen molar-refractivity contribution in [1.29, 1.82) is 0 Å².